The summed E-state index contributed by atoms with van der Waals surface area (Å²) in [6.07, 6.45) is 1.49. The Hall–Kier alpha value is -3.01. The first-order valence-electron chi connectivity index (χ1n) is 8.34. The Morgan fingerprint density at radius 2 is 1.89 bits per heavy atom. The molecule has 1 saturated heterocycles. The number of nitrogens with one attached hydrogen (secondary N) is 2. The number of aromatic nitrogens is 2. The molecule has 0 radical (unpaired) electrons. The van der Waals surface area contributed by atoms with Crippen molar-refractivity contribution in [3.05, 3.63) is 36.0 Å². The van der Waals surface area contributed by atoms with Crippen LogP contribution in [0.5, 0.6) is 0 Å². The molecule has 2 N–H and O–H groups in total. The second kappa shape index (κ2) is 8.12. The molecule has 0 unspecified atom stereocenters. The lowest BCUT2D eigenvalue weighted by molar-refractivity contribution is 0.122. The molecule has 144 valence electrons. The van der Waals surface area contributed by atoms with Gasteiger partial charge in [0, 0.05) is 33.3 Å². The average Bonchev–Trinajstić information content (AvgIpc) is 2.65. The van der Waals surface area contributed by atoms with Gasteiger partial charge in [0.05, 0.1) is 25.1 Å². The number of hydrogen-bond acceptors (Lipinski definition) is 6. The third kappa shape index (κ3) is 4.59. The first-order chi connectivity index (χ1) is 12.9. The molecule has 1 aromatic carbocycles. The van der Waals surface area contributed by atoms with Crippen LogP contribution in [0.4, 0.5) is 36.7 Å². The van der Waals surface area contributed by atoms with E-state index in [-0.39, 0.29) is 5.69 Å². The van der Waals surface area contributed by atoms with E-state index in [9.17, 15) is 13.6 Å². The summed E-state index contributed by atoms with van der Waals surface area (Å²) < 4.78 is 32.0. The number of halogens is 2. The molecular weight excluding hydrogens is 358 g/mol. The number of anilines is 4. The van der Waals surface area contributed by atoms with Crippen LogP contribution in [0.25, 0.3) is 0 Å². The van der Waals surface area contributed by atoms with E-state index >= 15 is 0 Å². The van der Waals surface area contributed by atoms with Crippen LogP contribution in [-0.4, -0.2) is 56.4 Å². The highest BCUT2D eigenvalue weighted by molar-refractivity contribution is 6.01. The van der Waals surface area contributed by atoms with E-state index in [1.165, 1.54) is 6.20 Å². The van der Waals surface area contributed by atoms with E-state index in [0.717, 1.165) is 12.1 Å². The van der Waals surface area contributed by atoms with Crippen LogP contribution in [0.15, 0.2) is 24.4 Å². The normalized spacial score (nSPS) is 14.0. The summed E-state index contributed by atoms with van der Waals surface area (Å²) in [6.45, 7) is 2.58. The first-order valence-corrected chi connectivity index (χ1v) is 8.34. The van der Waals surface area contributed by atoms with E-state index in [1.54, 1.807) is 19.0 Å². The van der Waals surface area contributed by atoms with Crippen LogP contribution in [0.3, 0.4) is 0 Å². The fourth-order valence-electron chi connectivity index (χ4n) is 2.58. The second-order valence-electron chi connectivity index (χ2n) is 6.10. The topological polar surface area (TPSA) is 82.6 Å². The van der Waals surface area contributed by atoms with Gasteiger partial charge in [0.1, 0.15) is 17.3 Å². The van der Waals surface area contributed by atoms with Gasteiger partial charge >= 0.3 is 6.03 Å². The van der Waals surface area contributed by atoms with Gasteiger partial charge in [-0.25, -0.2) is 18.6 Å². The standard InChI is InChI=1S/C17H20F2N6O2/c1-24(2)15-14(10-20-16(23-15)25-5-7-27-8-6-25)22-17(26)21-13-4-3-11(18)9-12(13)19/h3-4,9-10H,5-8H2,1-2H3,(H2,21,22,26). The Morgan fingerprint density at radius 3 is 2.56 bits per heavy atom. The Labute approximate surface area is 155 Å². The largest absolute Gasteiger partial charge is 0.378 e. The van der Waals surface area contributed by atoms with Crippen molar-refractivity contribution in [2.24, 2.45) is 0 Å². The maximum absolute atomic E-state index is 13.7. The summed E-state index contributed by atoms with van der Waals surface area (Å²) in [5.74, 6) is -0.545. The van der Waals surface area contributed by atoms with Crippen LogP contribution in [0.1, 0.15) is 0 Å². The number of morpholine rings is 1. The van der Waals surface area contributed by atoms with Crippen molar-refractivity contribution in [1.29, 1.82) is 0 Å². The van der Waals surface area contributed by atoms with Crippen LogP contribution < -0.4 is 20.4 Å². The minimum atomic E-state index is -0.864. The summed E-state index contributed by atoms with van der Waals surface area (Å²) in [5, 5.41) is 4.93. The Balaban J connectivity index is 1.75. The van der Waals surface area contributed by atoms with E-state index in [2.05, 4.69) is 20.6 Å². The van der Waals surface area contributed by atoms with Crippen molar-refractivity contribution in [3.63, 3.8) is 0 Å². The molecule has 0 aliphatic carbocycles. The van der Waals surface area contributed by atoms with Gasteiger partial charge in [0.2, 0.25) is 5.95 Å². The lowest BCUT2D eigenvalue weighted by atomic mass is 10.3. The molecule has 2 amide bonds. The van der Waals surface area contributed by atoms with E-state index < -0.39 is 17.7 Å². The smallest absolute Gasteiger partial charge is 0.323 e. The highest BCUT2D eigenvalue weighted by Crippen LogP contribution is 2.24. The van der Waals surface area contributed by atoms with Crippen molar-refractivity contribution >= 4 is 29.2 Å². The van der Waals surface area contributed by atoms with E-state index in [4.69, 9.17) is 4.74 Å². The number of rotatable bonds is 4. The average molecular weight is 378 g/mol. The SMILES string of the molecule is CN(C)c1nc(N2CCOCC2)ncc1NC(=O)Nc1ccc(F)cc1F. The summed E-state index contributed by atoms with van der Waals surface area (Å²) in [7, 11) is 3.57. The summed E-state index contributed by atoms with van der Waals surface area (Å²) in [4.78, 5) is 24.7. The van der Waals surface area contributed by atoms with Crippen LogP contribution in [0, 0.1) is 11.6 Å². The number of nitrogens with zero attached hydrogens (tertiary/aromatic N) is 4. The molecule has 0 atom stereocenters. The van der Waals surface area contributed by atoms with Crippen molar-refractivity contribution in [1.82, 2.24) is 9.97 Å². The van der Waals surface area contributed by atoms with Crippen molar-refractivity contribution in [3.8, 4) is 0 Å². The molecule has 1 aliphatic rings. The van der Waals surface area contributed by atoms with Gasteiger partial charge < -0.3 is 25.2 Å². The molecule has 0 saturated carbocycles. The van der Waals surface area contributed by atoms with Crippen LogP contribution in [-0.2, 0) is 4.74 Å². The Morgan fingerprint density at radius 1 is 1.19 bits per heavy atom. The monoisotopic (exact) mass is 378 g/mol. The zero-order valence-corrected chi connectivity index (χ0v) is 15.0. The first kappa shape index (κ1) is 18.8. The maximum Gasteiger partial charge on any atom is 0.323 e. The molecular formula is C17H20F2N6O2. The van der Waals surface area contributed by atoms with Gasteiger partial charge in [0.25, 0.3) is 0 Å². The number of amides is 2. The number of carbonyl (C=O) groups excluding carboxylic acids is 1. The van der Waals surface area contributed by atoms with Crippen LogP contribution >= 0.6 is 0 Å². The molecule has 1 fully saturated rings. The molecule has 3 rings (SSSR count). The van der Waals surface area contributed by atoms with Crippen LogP contribution in [0.2, 0.25) is 0 Å². The predicted octanol–water partition coefficient (Wildman–Crippen LogP) is 2.30. The van der Waals surface area contributed by atoms with Gasteiger partial charge in [-0.3, -0.25) is 0 Å². The Kier molecular flexibility index (Phi) is 5.65. The molecule has 0 spiro atoms. The third-order valence-electron chi connectivity index (χ3n) is 3.90. The van der Waals surface area contributed by atoms with Gasteiger partial charge in [0.15, 0.2) is 5.82 Å². The summed E-state index contributed by atoms with van der Waals surface area (Å²) in [6, 6.07) is 2.21. The number of urea groups is 1. The highest BCUT2D eigenvalue weighted by atomic mass is 19.1. The zero-order chi connectivity index (χ0) is 19.4. The molecule has 10 heteroatoms. The van der Waals surface area contributed by atoms with E-state index in [0.29, 0.717) is 49.8 Å². The summed E-state index contributed by atoms with van der Waals surface area (Å²) in [5.41, 5.74) is 0.225. The van der Waals surface area contributed by atoms with Crippen molar-refractivity contribution in [2.75, 3.05) is 60.8 Å². The van der Waals surface area contributed by atoms with Gasteiger partial charge in [-0.1, -0.05) is 0 Å². The second-order valence-corrected chi connectivity index (χ2v) is 6.10. The number of benzene rings is 1. The van der Waals surface area contributed by atoms with E-state index in [1.807, 2.05) is 4.90 Å². The number of ether oxygens (including phenoxy) is 1. The third-order valence-corrected chi connectivity index (χ3v) is 3.90. The molecule has 8 nitrogen and oxygen atoms in total. The number of hydrogen-bond donors (Lipinski definition) is 2. The minimum absolute atomic E-state index is 0.133. The molecule has 2 heterocycles. The Bertz CT molecular complexity index is 827. The lowest BCUT2D eigenvalue weighted by Crippen LogP contribution is -2.37. The quantitative estimate of drug-likeness (QED) is 0.850. The fourth-order valence-corrected chi connectivity index (χ4v) is 2.58. The van der Waals surface area contributed by atoms with Crippen molar-refractivity contribution in [2.45, 2.75) is 0 Å². The lowest BCUT2D eigenvalue weighted by Gasteiger charge is -2.28. The fraction of sp³-hybridized carbons (Fsp3) is 0.353. The van der Waals surface area contributed by atoms with Gasteiger partial charge in [-0.05, 0) is 12.1 Å². The molecule has 27 heavy (non-hydrogen) atoms. The van der Waals surface area contributed by atoms with Gasteiger partial charge in [-0.15, -0.1) is 0 Å². The molecule has 2 aromatic rings. The van der Waals surface area contributed by atoms with Gasteiger partial charge in [-0.2, -0.15) is 4.98 Å². The highest BCUT2D eigenvalue weighted by Gasteiger charge is 2.18. The minimum Gasteiger partial charge on any atom is -0.378 e. The maximum atomic E-state index is 13.7. The number of carbonyl (C=O) groups is 1. The zero-order valence-electron chi connectivity index (χ0n) is 15.0. The summed E-state index contributed by atoms with van der Waals surface area (Å²) >= 11 is 0. The molecule has 1 aliphatic heterocycles. The molecule has 1 aromatic heterocycles. The predicted molar refractivity (Wildman–Crippen MR) is 98.4 cm³/mol. The molecule has 0 bridgehead atoms. The van der Waals surface area contributed by atoms with Crippen molar-refractivity contribution < 1.29 is 18.3 Å².